The third-order valence-corrected chi connectivity index (χ3v) is 3.28. The molecule has 1 aliphatic heterocycles. The van der Waals surface area contributed by atoms with Gasteiger partial charge in [-0.1, -0.05) is 6.42 Å². The van der Waals surface area contributed by atoms with Gasteiger partial charge >= 0.3 is 6.09 Å². The maximum absolute atomic E-state index is 11.8. The number of nitrogens with zero attached hydrogens (tertiary/aromatic N) is 1. The van der Waals surface area contributed by atoms with Crippen LogP contribution < -0.4 is 5.73 Å². The zero-order chi connectivity index (χ0) is 11.4. The largest absolute Gasteiger partial charge is 0.444 e. The Bertz CT molecular complexity index is 241. The van der Waals surface area contributed by atoms with E-state index in [9.17, 15) is 4.79 Å². The summed E-state index contributed by atoms with van der Waals surface area (Å²) in [4.78, 5) is 13.5. The van der Waals surface area contributed by atoms with Crippen LogP contribution >= 0.6 is 0 Å². The highest BCUT2D eigenvalue weighted by Gasteiger charge is 2.27. The van der Waals surface area contributed by atoms with E-state index in [2.05, 4.69) is 0 Å². The van der Waals surface area contributed by atoms with Crippen molar-refractivity contribution in [3.63, 3.8) is 0 Å². The summed E-state index contributed by atoms with van der Waals surface area (Å²) >= 11 is 0. The lowest BCUT2D eigenvalue weighted by atomic mass is 9.93. The Morgan fingerprint density at radius 3 is 2.62 bits per heavy atom. The molecule has 1 aliphatic carbocycles. The summed E-state index contributed by atoms with van der Waals surface area (Å²) in [6.45, 7) is 2.46. The maximum atomic E-state index is 11.8. The molecule has 0 bridgehead atoms. The molecular weight excluding hydrogens is 208 g/mol. The molecule has 1 saturated carbocycles. The fourth-order valence-electron chi connectivity index (χ4n) is 2.22. The quantitative estimate of drug-likeness (QED) is 0.718. The highest BCUT2D eigenvalue weighted by atomic mass is 16.6. The summed E-state index contributed by atoms with van der Waals surface area (Å²) in [6.07, 6.45) is 3.79. The number of morpholine rings is 1. The lowest BCUT2D eigenvalue weighted by Gasteiger charge is -2.32. The van der Waals surface area contributed by atoms with E-state index in [1.165, 1.54) is 0 Å². The van der Waals surface area contributed by atoms with Crippen LogP contribution in [-0.4, -0.2) is 49.4 Å². The minimum absolute atomic E-state index is 0.0127. The lowest BCUT2D eigenvalue weighted by Crippen LogP contribution is -2.46. The first kappa shape index (κ1) is 11.7. The van der Waals surface area contributed by atoms with Crippen molar-refractivity contribution in [1.82, 2.24) is 4.90 Å². The Kier molecular flexibility index (Phi) is 4.01. The summed E-state index contributed by atoms with van der Waals surface area (Å²) in [5.74, 6) is 0. The first-order valence-electron chi connectivity index (χ1n) is 6.06. The predicted octanol–water partition coefficient (Wildman–Crippen LogP) is 0.725. The highest BCUT2D eigenvalue weighted by Crippen LogP contribution is 2.20. The van der Waals surface area contributed by atoms with E-state index in [-0.39, 0.29) is 18.2 Å². The van der Waals surface area contributed by atoms with Crippen LogP contribution in [0.5, 0.6) is 0 Å². The first-order chi connectivity index (χ1) is 7.77. The van der Waals surface area contributed by atoms with E-state index in [1.807, 2.05) is 0 Å². The Labute approximate surface area is 95.9 Å². The van der Waals surface area contributed by atoms with Crippen molar-refractivity contribution >= 4 is 6.09 Å². The van der Waals surface area contributed by atoms with Gasteiger partial charge < -0.3 is 20.1 Å². The van der Waals surface area contributed by atoms with Gasteiger partial charge in [0.05, 0.1) is 13.2 Å². The maximum Gasteiger partial charge on any atom is 0.410 e. The molecule has 2 rings (SSSR count). The van der Waals surface area contributed by atoms with Gasteiger partial charge in [0.1, 0.15) is 6.10 Å². The molecule has 2 aliphatic rings. The fraction of sp³-hybridized carbons (Fsp3) is 0.909. The summed E-state index contributed by atoms with van der Waals surface area (Å²) in [7, 11) is 0. The van der Waals surface area contributed by atoms with Gasteiger partial charge in [0.25, 0.3) is 0 Å². The number of amides is 1. The molecule has 0 aromatic rings. The van der Waals surface area contributed by atoms with Crippen molar-refractivity contribution in [3.05, 3.63) is 0 Å². The molecule has 2 N–H and O–H groups in total. The topological polar surface area (TPSA) is 64.8 Å². The Hall–Kier alpha value is -0.810. The van der Waals surface area contributed by atoms with Gasteiger partial charge in [0, 0.05) is 19.1 Å². The van der Waals surface area contributed by atoms with E-state index < -0.39 is 0 Å². The molecule has 0 spiro atoms. The molecule has 92 valence electrons. The lowest BCUT2D eigenvalue weighted by molar-refractivity contribution is 0.000954. The SMILES string of the molecule is NC1CCCCC1OC(=O)N1CCOCC1. The number of hydrogen-bond acceptors (Lipinski definition) is 4. The molecule has 5 nitrogen and oxygen atoms in total. The van der Waals surface area contributed by atoms with Gasteiger partial charge in [0.15, 0.2) is 0 Å². The smallest absolute Gasteiger partial charge is 0.410 e. The van der Waals surface area contributed by atoms with Gasteiger partial charge in [-0.25, -0.2) is 4.79 Å². The summed E-state index contributed by atoms with van der Waals surface area (Å²) in [5.41, 5.74) is 5.94. The molecule has 2 atom stereocenters. The molecule has 16 heavy (non-hydrogen) atoms. The molecule has 0 aromatic heterocycles. The number of ether oxygens (including phenoxy) is 2. The zero-order valence-corrected chi connectivity index (χ0v) is 9.56. The molecule has 0 radical (unpaired) electrons. The second kappa shape index (κ2) is 5.50. The van der Waals surface area contributed by atoms with Crippen molar-refractivity contribution in [3.8, 4) is 0 Å². The van der Waals surface area contributed by atoms with Crippen molar-refractivity contribution in [2.75, 3.05) is 26.3 Å². The van der Waals surface area contributed by atoms with Gasteiger partial charge in [-0.3, -0.25) is 0 Å². The highest BCUT2D eigenvalue weighted by molar-refractivity contribution is 5.68. The van der Waals surface area contributed by atoms with Gasteiger partial charge in [-0.2, -0.15) is 0 Å². The minimum atomic E-state index is -0.231. The van der Waals surface area contributed by atoms with E-state index >= 15 is 0 Å². The number of carbonyl (C=O) groups is 1. The molecular formula is C11H20N2O3. The number of carbonyl (C=O) groups excluding carboxylic acids is 1. The standard InChI is InChI=1S/C11H20N2O3/c12-9-3-1-2-4-10(9)16-11(14)13-5-7-15-8-6-13/h9-10H,1-8,12H2. The van der Waals surface area contributed by atoms with Gasteiger partial charge in [-0.05, 0) is 19.3 Å². The van der Waals surface area contributed by atoms with E-state index in [4.69, 9.17) is 15.2 Å². The average molecular weight is 228 g/mol. The van der Waals surface area contributed by atoms with E-state index in [0.29, 0.717) is 26.3 Å². The van der Waals surface area contributed by atoms with Crippen LogP contribution in [0.4, 0.5) is 4.79 Å². The first-order valence-corrected chi connectivity index (χ1v) is 6.06. The molecule has 5 heteroatoms. The Balaban J connectivity index is 1.80. The number of rotatable bonds is 1. The molecule has 1 amide bonds. The summed E-state index contributed by atoms with van der Waals surface area (Å²) in [5, 5.41) is 0. The molecule has 1 saturated heterocycles. The average Bonchev–Trinajstić information content (AvgIpc) is 2.33. The monoisotopic (exact) mass is 228 g/mol. The molecule has 0 aromatic carbocycles. The van der Waals surface area contributed by atoms with Crippen LogP contribution in [0.2, 0.25) is 0 Å². The van der Waals surface area contributed by atoms with Crippen molar-refractivity contribution in [2.45, 2.75) is 37.8 Å². The fourth-order valence-corrected chi connectivity index (χ4v) is 2.22. The van der Waals surface area contributed by atoms with Crippen LogP contribution in [0.1, 0.15) is 25.7 Å². The van der Waals surface area contributed by atoms with Crippen molar-refractivity contribution in [2.24, 2.45) is 5.73 Å². The van der Waals surface area contributed by atoms with Gasteiger partial charge in [-0.15, -0.1) is 0 Å². The molecule has 1 heterocycles. The third-order valence-electron chi connectivity index (χ3n) is 3.28. The summed E-state index contributed by atoms with van der Waals surface area (Å²) < 4.78 is 10.6. The van der Waals surface area contributed by atoms with Gasteiger partial charge in [0.2, 0.25) is 0 Å². The van der Waals surface area contributed by atoms with Crippen LogP contribution in [0.3, 0.4) is 0 Å². The third kappa shape index (κ3) is 2.86. The normalized spacial score (nSPS) is 31.2. The van der Waals surface area contributed by atoms with E-state index in [1.54, 1.807) is 4.90 Å². The summed E-state index contributed by atoms with van der Waals surface area (Å²) in [6, 6.07) is 0.0127. The van der Waals surface area contributed by atoms with Crippen molar-refractivity contribution in [1.29, 1.82) is 0 Å². The zero-order valence-electron chi connectivity index (χ0n) is 9.56. The van der Waals surface area contributed by atoms with Crippen molar-refractivity contribution < 1.29 is 14.3 Å². The number of nitrogens with two attached hydrogens (primary N) is 1. The molecule has 2 fully saturated rings. The van der Waals surface area contributed by atoms with Crippen LogP contribution in [0, 0.1) is 0 Å². The second-order valence-electron chi connectivity index (χ2n) is 4.47. The van der Waals surface area contributed by atoms with E-state index in [0.717, 1.165) is 25.7 Å². The minimum Gasteiger partial charge on any atom is -0.444 e. The Morgan fingerprint density at radius 1 is 1.25 bits per heavy atom. The Morgan fingerprint density at radius 2 is 1.94 bits per heavy atom. The molecule has 2 unspecified atom stereocenters. The van der Waals surface area contributed by atoms with Crippen LogP contribution in [0.25, 0.3) is 0 Å². The number of hydrogen-bond donors (Lipinski definition) is 1. The van der Waals surface area contributed by atoms with Crippen LogP contribution in [0.15, 0.2) is 0 Å². The van der Waals surface area contributed by atoms with Crippen LogP contribution in [-0.2, 0) is 9.47 Å². The second-order valence-corrected chi connectivity index (χ2v) is 4.47. The predicted molar refractivity (Wildman–Crippen MR) is 59.1 cm³/mol.